The maximum atomic E-state index is 13.1. The monoisotopic (exact) mass is 361 g/mol. The Morgan fingerprint density at radius 3 is 2.52 bits per heavy atom. The molecule has 0 fully saturated rings. The second-order valence-electron chi connectivity index (χ2n) is 5.32. The third-order valence-corrected chi connectivity index (χ3v) is 3.76. The minimum absolute atomic E-state index is 0.0384. The SMILES string of the molecule is C[C@@H](OC(=O)/C=C/c1ccc(F)c(Cl)c1)C(=O)N(C)c1ccccc1. The van der Waals surface area contributed by atoms with Gasteiger partial charge in [-0.2, -0.15) is 0 Å². The number of esters is 1. The normalized spacial score (nSPS) is 12.0. The van der Waals surface area contributed by atoms with Crippen molar-refractivity contribution in [3.8, 4) is 0 Å². The van der Waals surface area contributed by atoms with Gasteiger partial charge in [0, 0.05) is 18.8 Å². The van der Waals surface area contributed by atoms with Crippen LogP contribution in [0.2, 0.25) is 5.02 Å². The van der Waals surface area contributed by atoms with Crippen molar-refractivity contribution in [3.05, 3.63) is 71.0 Å². The Hall–Kier alpha value is -2.66. The molecule has 0 aliphatic carbocycles. The topological polar surface area (TPSA) is 46.6 Å². The molecule has 0 saturated carbocycles. The summed E-state index contributed by atoms with van der Waals surface area (Å²) in [5.74, 6) is -1.56. The van der Waals surface area contributed by atoms with Gasteiger partial charge in [0.05, 0.1) is 5.02 Å². The first kappa shape index (κ1) is 18.7. The molecule has 25 heavy (non-hydrogen) atoms. The van der Waals surface area contributed by atoms with Gasteiger partial charge in [-0.3, -0.25) is 4.79 Å². The Labute approximate surface area is 150 Å². The van der Waals surface area contributed by atoms with E-state index in [1.165, 1.54) is 36.1 Å². The highest BCUT2D eigenvalue weighted by molar-refractivity contribution is 6.30. The first-order valence-electron chi connectivity index (χ1n) is 7.55. The van der Waals surface area contributed by atoms with Crippen molar-refractivity contribution in [2.45, 2.75) is 13.0 Å². The number of ether oxygens (including phenoxy) is 1. The fraction of sp³-hybridized carbons (Fsp3) is 0.158. The molecule has 0 saturated heterocycles. The van der Waals surface area contributed by atoms with Crippen LogP contribution in [0.25, 0.3) is 6.08 Å². The molecular formula is C19H17ClFNO3. The zero-order valence-electron chi connectivity index (χ0n) is 13.8. The fourth-order valence-corrected chi connectivity index (χ4v) is 2.28. The van der Waals surface area contributed by atoms with Gasteiger partial charge in [-0.15, -0.1) is 0 Å². The number of anilines is 1. The van der Waals surface area contributed by atoms with Crippen molar-refractivity contribution in [2.24, 2.45) is 0 Å². The van der Waals surface area contributed by atoms with Crippen molar-refractivity contribution >= 4 is 35.2 Å². The maximum absolute atomic E-state index is 13.1. The molecule has 0 aliphatic heterocycles. The summed E-state index contributed by atoms with van der Waals surface area (Å²) in [5, 5.41) is -0.0384. The number of rotatable bonds is 5. The number of carbonyl (C=O) groups excluding carboxylic acids is 2. The Morgan fingerprint density at radius 1 is 1.20 bits per heavy atom. The van der Waals surface area contributed by atoms with Gasteiger partial charge < -0.3 is 9.64 Å². The lowest BCUT2D eigenvalue weighted by Crippen LogP contribution is -2.37. The molecule has 0 unspecified atom stereocenters. The van der Waals surface area contributed by atoms with E-state index in [2.05, 4.69) is 0 Å². The van der Waals surface area contributed by atoms with Crippen LogP contribution >= 0.6 is 11.6 Å². The number of para-hydroxylation sites is 1. The van der Waals surface area contributed by atoms with E-state index in [9.17, 15) is 14.0 Å². The maximum Gasteiger partial charge on any atom is 0.331 e. The quantitative estimate of drug-likeness (QED) is 0.595. The van der Waals surface area contributed by atoms with Crippen LogP contribution in [0.15, 0.2) is 54.6 Å². The number of halogens is 2. The number of hydrogen-bond donors (Lipinski definition) is 0. The van der Waals surface area contributed by atoms with Crippen LogP contribution in [-0.4, -0.2) is 25.0 Å². The zero-order chi connectivity index (χ0) is 18.4. The highest BCUT2D eigenvalue weighted by atomic mass is 35.5. The van der Waals surface area contributed by atoms with Crippen molar-refractivity contribution in [1.29, 1.82) is 0 Å². The number of nitrogens with zero attached hydrogens (tertiary/aromatic N) is 1. The molecule has 6 heteroatoms. The van der Waals surface area contributed by atoms with Crippen molar-refractivity contribution in [3.63, 3.8) is 0 Å². The average molecular weight is 362 g/mol. The second kappa shape index (κ2) is 8.44. The molecule has 2 aromatic carbocycles. The zero-order valence-corrected chi connectivity index (χ0v) is 14.5. The van der Waals surface area contributed by atoms with E-state index in [4.69, 9.17) is 16.3 Å². The van der Waals surface area contributed by atoms with Gasteiger partial charge in [0.25, 0.3) is 5.91 Å². The van der Waals surface area contributed by atoms with Gasteiger partial charge in [0.15, 0.2) is 6.10 Å². The van der Waals surface area contributed by atoms with Crippen LogP contribution in [0, 0.1) is 5.82 Å². The standard InChI is InChI=1S/C19H17ClFNO3/c1-13(19(24)22(2)15-6-4-3-5-7-15)25-18(23)11-9-14-8-10-17(21)16(20)12-14/h3-13H,1-2H3/b11-9+/t13-/m1/s1. The van der Waals surface area contributed by atoms with Crippen molar-refractivity contribution in [2.75, 3.05) is 11.9 Å². The van der Waals surface area contributed by atoms with E-state index in [1.54, 1.807) is 19.2 Å². The number of likely N-dealkylation sites (N-methyl/N-ethyl adjacent to an activating group) is 1. The van der Waals surface area contributed by atoms with Gasteiger partial charge in [-0.05, 0) is 42.8 Å². The molecule has 2 rings (SSSR count). The van der Waals surface area contributed by atoms with Crippen LogP contribution in [0.3, 0.4) is 0 Å². The molecular weight excluding hydrogens is 345 g/mol. The predicted octanol–water partition coefficient (Wildman–Crippen LogP) is 4.09. The van der Waals surface area contributed by atoms with E-state index in [-0.39, 0.29) is 10.9 Å². The fourth-order valence-electron chi connectivity index (χ4n) is 2.10. The minimum Gasteiger partial charge on any atom is -0.449 e. The Kier molecular flexibility index (Phi) is 6.31. The van der Waals surface area contributed by atoms with Gasteiger partial charge in [-0.25, -0.2) is 9.18 Å². The third kappa shape index (κ3) is 5.16. The van der Waals surface area contributed by atoms with Crippen LogP contribution in [-0.2, 0) is 14.3 Å². The Bertz CT molecular complexity index is 793. The lowest BCUT2D eigenvalue weighted by molar-refractivity contribution is -0.148. The highest BCUT2D eigenvalue weighted by Gasteiger charge is 2.21. The van der Waals surface area contributed by atoms with Crippen LogP contribution < -0.4 is 4.90 Å². The molecule has 0 N–H and O–H groups in total. The van der Waals surface area contributed by atoms with E-state index in [1.807, 2.05) is 18.2 Å². The van der Waals surface area contributed by atoms with Crippen LogP contribution in [0.4, 0.5) is 10.1 Å². The lowest BCUT2D eigenvalue weighted by atomic mass is 10.2. The summed E-state index contributed by atoms with van der Waals surface area (Å²) in [6.45, 7) is 1.50. The molecule has 1 amide bonds. The van der Waals surface area contributed by atoms with E-state index >= 15 is 0 Å². The first-order chi connectivity index (χ1) is 11.9. The second-order valence-corrected chi connectivity index (χ2v) is 5.73. The highest BCUT2D eigenvalue weighted by Crippen LogP contribution is 2.17. The van der Waals surface area contributed by atoms with Crippen molar-refractivity contribution in [1.82, 2.24) is 0 Å². The number of benzene rings is 2. The van der Waals surface area contributed by atoms with Gasteiger partial charge in [0.1, 0.15) is 5.82 Å². The third-order valence-electron chi connectivity index (χ3n) is 3.47. The molecule has 0 spiro atoms. The molecule has 0 bridgehead atoms. The van der Waals surface area contributed by atoms with Crippen LogP contribution in [0.1, 0.15) is 12.5 Å². The average Bonchev–Trinajstić information content (AvgIpc) is 2.62. The Morgan fingerprint density at radius 2 is 1.88 bits per heavy atom. The summed E-state index contributed by atoms with van der Waals surface area (Å²) >= 11 is 5.67. The summed E-state index contributed by atoms with van der Waals surface area (Å²) in [4.78, 5) is 25.6. The minimum atomic E-state index is -0.945. The predicted molar refractivity (Wildman–Crippen MR) is 95.9 cm³/mol. The Balaban J connectivity index is 1.96. The number of hydrogen-bond acceptors (Lipinski definition) is 3. The number of amides is 1. The largest absolute Gasteiger partial charge is 0.449 e. The molecule has 2 aromatic rings. The van der Waals surface area contributed by atoms with Crippen molar-refractivity contribution < 1.29 is 18.7 Å². The summed E-state index contributed by atoms with van der Waals surface area (Å²) in [6.07, 6.45) is 1.65. The molecule has 130 valence electrons. The van der Waals surface area contributed by atoms with Gasteiger partial charge >= 0.3 is 5.97 Å². The number of carbonyl (C=O) groups is 2. The van der Waals surface area contributed by atoms with E-state index in [0.717, 1.165) is 6.08 Å². The van der Waals surface area contributed by atoms with Gasteiger partial charge in [-0.1, -0.05) is 35.9 Å². The summed E-state index contributed by atoms with van der Waals surface area (Å²) in [5.41, 5.74) is 1.25. The molecule has 0 radical (unpaired) electrons. The molecule has 0 aliphatic rings. The lowest BCUT2D eigenvalue weighted by Gasteiger charge is -2.21. The van der Waals surface area contributed by atoms with Crippen LogP contribution in [0.5, 0.6) is 0 Å². The molecule has 1 atom stereocenters. The smallest absolute Gasteiger partial charge is 0.331 e. The van der Waals surface area contributed by atoms with E-state index < -0.39 is 17.9 Å². The molecule has 0 aromatic heterocycles. The van der Waals surface area contributed by atoms with E-state index in [0.29, 0.717) is 11.3 Å². The summed E-state index contributed by atoms with van der Waals surface area (Å²) in [7, 11) is 1.61. The first-order valence-corrected chi connectivity index (χ1v) is 7.92. The molecule has 0 heterocycles. The van der Waals surface area contributed by atoms with Gasteiger partial charge in [0.2, 0.25) is 0 Å². The summed E-state index contributed by atoms with van der Waals surface area (Å²) < 4.78 is 18.2. The molecule has 4 nitrogen and oxygen atoms in total. The summed E-state index contributed by atoms with van der Waals surface area (Å²) in [6, 6.07) is 13.1.